The van der Waals surface area contributed by atoms with Gasteiger partial charge >= 0.3 is 0 Å². The number of hydrogen-bond donors (Lipinski definition) is 1. The van der Waals surface area contributed by atoms with E-state index in [9.17, 15) is 5.11 Å². The van der Waals surface area contributed by atoms with Crippen LogP contribution in [0.4, 0.5) is 0 Å². The van der Waals surface area contributed by atoms with Crippen molar-refractivity contribution in [1.82, 2.24) is 4.90 Å². The van der Waals surface area contributed by atoms with Crippen LogP contribution in [0.5, 0.6) is 0 Å². The van der Waals surface area contributed by atoms with E-state index in [0.717, 1.165) is 24.8 Å². The van der Waals surface area contributed by atoms with Crippen LogP contribution in [-0.4, -0.2) is 41.1 Å². The maximum absolute atomic E-state index is 9.69. The van der Waals surface area contributed by atoms with Crippen molar-refractivity contribution >= 4 is 15.9 Å². The number of likely N-dealkylation sites (tertiary alicyclic amines) is 1. The third kappa shape index (κ3) is 2.56. The van der Waals surface area contributed by atoms with E-state index in [2.05, 4.69) is 27.8 Å². The monoisotopic (exact) mass is 275 g/mol. The number of hydrogen-bond acceptors (Lipinski definition) is 2. The van der Waals surface area contributed by atoms with Gasteiger partial charge in [-0.3, -0.25) is 0 Å². The zero-order chi connectivity index (χ0) is 10.9. The van der Waals surface area contributed by atoms with Gasteiger partial charge < -0.3 is 10.0 Å². The van der Waals surface area contributed by atoms with Crippen LogP contribution < -0.4 is 0 Å². The fourth-order valence-electron chi connectivity index (χ4n) is 2.85. The Balaban J connectivity index is 1.84. The number of aliphatic hydroxyl groups excluding tert-OH is 1. The molecule has 1 saturated heterocycles. The Labute approximate surface area is 101 Å². The van der Waals surface area contributed by atoms with Crippen molar-refractivity contribution in [2.45, 2.75) is 38.7 Å². The Morgan fingerprint density at radius 3 is 2.67 bits per heavy atom. The molecule has 0 amide bonds. The zero-order valence-corrected chi connectivity index (χ0v) is 11.2. The third-order valence-corrected chi connectivity index (χ3v) is 5.39. The molecule has 0 aromatic heterocycles. The molecule has 1 N–H and O–H groups in total. The summed E-state index contributed by atoms with van der Waals surface area (Å²) >= 11 is 3.66. The lowest BCUT2D eigenvalue weighted by Crippen LogP contribution is -2.49. The van der Waals surface area contributed by atoms with E-state index in [1.807, 2.05) is 0 Å². The second kappa shape index (κ2) is 4.72. The van der Waals surface area contributed by atoms with Crippen LogP contribution >= 0.6 is 15.9 Å². The Kier molecular flexibility index (Phi) is 3.74. The van der Waals surface area contributed by atoms with Crippen LogP contribution in [0.3, 0.4) is 0 Å². The average molecular weight is 276 g/mol. The maximum Gasteiger partial charge on any atom is 0.0590 e. The Morgan fingerprint density at radius 1 is 1.47 bits per heavy atom. The van der Waals surface area contributed by atoms with E-state index in [1.165, 1.54) is 25.8 Å². The lowest BCUT2D eigenvalue weighted by atomic mass is 9.70. The molecule has 0 aromatic rings. The molecule has 0 radical (unpaired) electrons. The molecule has 1 heterocycles. The van der Waals surface area contributed by atoms with Gasteiger partial charge in [-0.1, -0.05) is 29.3 Å². The summed E-state index contributed by atoms with van der Waals surface area (Å²) in [5.41, 5.74) is 0.558. The van der Waals surface area contributed by atoms with E-state index in [1.54, 1.807) is 0 Å². The minimum absolute atomic E-state index is 0.0671. The highest BCUT2D eigenvalue weighted by atomic mass is 79.9. The first-order valence-corrected chi connectivity index (χ1v) is 7.24. The van der Waals surface area contributed by atoms with Crippen LogP contribution in [0, 0.1) is 11.3 Å². The van der Waals surface area contributed by atoms with Crippen molar-refractivity contribution in [1.29, 1.82) is 0 Å². The normalized spacial score (nSPS) is 36.2. The van der Waals surface area contributed by atoms with Gasteiger partial charge in [0.15, 0.2) is 0 Å². The van der Waals surface area contributed by atoms with E-state index < -0.39 is 0 Å². The highest BCUT2D eigenvalue weighted by molar-refractivity contribution is 9.09. The lowest BCUT2D eigenvalue weighted by Gasteiger charge is -2.46. The fourth-order valence-corrected chi connectivity index (χ4v) is 3.59. The van der Waals surface area contributed by atoms with Crippen LogP contribution in [-0.2, 0) is 0 Å². The molecule has 0 bridgehead atoms. The minimum Gasteiger partial charge on any atom is -0.393 e. The first kappa shape index (κ1) is 11.9. The predicted molar refractivity (Wildman–Crippen MR) is 66.3 cm³/mol. The molecular weight excluding hydrogens is 254 g/mol. The van der Waals surface area contributed by atoms with Gasteiger partial charge in [0.25, 0.3) is 0 Å². The van der Waals surface area contributed by atoms with Gasteiger partial charge in [-0.2, -0.15) is 0 Å². The molecule has 0 spiro atoms. The second-order valence-corrected chi connectivity index (χ2v) is 6.12. The molecule has 2 fully saturated rings. The van der Waals surface area contributed by atoms with Gasteiger partial charge in [-0.15, -0.1) is 0 Å². The molecule has 88 valence electrons. The summed E-state index contributed by atoms with van der Waals surface area (Å²) in [6, 6.07) is 0. The highest BCUT2D eigenvalue weighted by Gasteiger charge is 2.38. The summed E-state index contributed by atoms with van der Waals surface area (Å²) in [6.07, 6.45) is 5.05. The fraction of sp³-hybridized carbons (Fsp3) is 1.00. The summed E-state index contributed by atoms with van der Waals surface area (Å²) in [5.74, 6) is 0.450. The Bertz CT molecular complexity index is 212. The molecule has 3 heteroatoms. The van der Waals surface area contributed by atoms with Crippen molar-refractivity contribution in [3.63, 3.8) is 0 Å². The van der Waals surface area contributed by atoms with Gasteiger partial charge in [0.2, 0.25) is 0 Å². The standard InChI is InChI=1S/C12H22BrNO/c1-10-7-14(6-3-11(10)15)9-12(8-13)4-2-5-12/h10-11,15H,2-9H2,1H3. The topological polar surface area (TPSA) is 23.5 Å². The van der Waals surface area contributed by atoms with Gasteiger partial charge in [-0.25, -0.2) is 0 Å². The number of halogens is 1. The molecule has 1 aliphatic heterocycles. The zero-order valence-electron chi connectivity index (χ0n) is 9.58. The molecule has 2 rings (SSSR count). The van der Waals surface area contributed by atoms with Crippen molar-refractivity contribution in [3.05, 3.63) is 0 Å². The molecule has 1 aliphatic carbocycles. The summed E-state index contributed by atoms with van der Waals surface area (Å²) < 4.78 is 0. The van der Waals surface area contributed by atoms with Crippen molar-refractivity contribution < 1.29 is 5.11 Å². The summed E-state index contributed by atoms with van der Waals surface area (Å²) in [7, 11) is 0. The largest absolute Gasteiger partial charge is 0.393 e. The molecule has 1 saturated carbocycles. The molecule has 2 nitrogen and oxygen atoms in total. The molecule has 0 aromatic carbocycles. The van der Waals surface area contributed by atoms with Crippen LogP contribution in [0.1, 0.15) is 32.6 Å². The Hall–Kier alpha value is 0.400. The van der Waals surface area contributed by atoms with E-state index in [4.69, 9.17) is 0 Å². The first-order valence-electron chi connectivity index (χ1n) is 6.12. The summed E-state index contributed by atoms with van der Waals surface area (Å²) in [5, 5.41) is 10.8. The molecule has 2 atom stereocenters. The predicted octanol–water partition coefficient (Wildman–Crippen LogP) is 2.25. The van der Waals surface area contributed by atoms with Crippen molar-refractivity contribution in [3.8, 4) is 0 Å². The number of piperidine rings is 1. The smallest absolute Gasteiger partial charge is 0.0590 e. The van der Waals surface area contributed by atoms with Crippen LogP contribution in [0.25, 0.3) is 0 Å². The van der Waals surface area contributed by atoms with Gasteiger partial charge in [0.05, 0.1) is 6.10 Å². The number of aliphatic hydroxyl groups is 1. The quantitative estimate of drug-likeness (QED) is 0.799. The number of rotatable bonds is 3. The first-order chi connectivity index (χ1) is 7.15. The lowest BCUT2D eigenvalue weighted by molar-refractivity contribution is 0.00469. The summed E-state index contributed by atoms with van der Waals surface area (Å²) in [4.78, 5) is 2.55. The van der Waals surface area contributed by atoms with E-state index in [-0.39, 0.29) is 6.10 Å². The minimum atomic E-state index is -0.0671. The van der Waals surface area contributed by atoms with Gasteiger partial charge in [0, 0.05) is 25.0 Å². The van der Waals surface area contributed by atoms with Crippen molar-refractivity contribution in [2.75, 3.05) is 25.0 Å². The third-order valence-electron chi connectivity index (χ3n) is 4.20. The van der Waals surface area contributed by atoms with Gasteiger partial charge in [-0.05, 0) is 30.6 Å². The average Bonchev–Trinajstić information content (AvgIpc) is 2.17. The molecule has 2 aliphatic rings. The highest BCUT2D eigenvalue weighted by Crippen LogP contribution is 2.43. The number of alkyl halides is 1. The second-order valence-electron chi connectivity index (χ2n) is 5.56. The SMILES string of the molecule is CC1CN(CC2(CBr)CCC2)CCC1O. The van der Waals surface area contributed by atoms with Gasteiger partial charge in [0.1, 0.15) is 0 Å². The molecule has 2 unspecified atom stereocenters. The van der Waals surface area contributed by atoms with E-state index >= 15 is 0 Å². The molecule has 15 heavy (non-hydrogen) atoms. The van der Waals surface area contributed by atoms with Crippen LogP contribution in [0.15, 0.2) is 0 Å². The van der Waals surface area contributed by atoms with Crippen molar-refractivity contribution in [2.24, 2.45) is 11.3 Å². The van der Waals surface area contributed by atoms with Crippen LogP contribution in [0.2, 0.25) is 0 Å². The van der Waals surface area contributed by atoms with E-state index in [0.29, 0.717) is 11.3 Å². The maximum atomic E-state index is 9.69. The summed E-state index contributed by atoms with van der Waals surface area (Å²) in [6.45, 7) is 5.56. The number of nitrogens with zero attached hydrogens (tertiary/aromatic N) is 1. The molecular formula is C12H22BrNO. The Morgan fingerprint density at radius 2 is 2.20 bits per heavy atom.